The van der Waals surface area contributed by atoms with Crippen molar-refractivity contribution in [3.8, 4) is 5.75 Å². The standard InChI is InChI=1S/C23H25N3O5S/c1-16-9-11-18(12-10-16)26(32(29)30)14-19-13-20(27)22(21(25(19)3)23(28)24-2)31-15-17-7-5-4-6-8-17/h4-13,32H,14-15H2,1-3H3,(H,24,28). The predicted octanol–water partition coefficient (Wildman–Crippen LogP) is 2.17. The number of anilines is 1. The van der Waals surface area contributed by atoms with Gasteiger partial charge in [-0.1, -0.05) is 48.0 Å². The van der Waals surface area contributed by atoms with Crippen LogP contribution in [0.1, 0.15) is 27.3 Å². The molecule has 0 radical (unpaired) electrons. The fraction of sp³-hybridized carbons (Fsp3) is 0.217. The molecule has 1 amide bonds. The molecule has 1 aromatic heterocycles. The maximum Gasteiger partial charge on any atom is 0.271 e. The van der Waals surface area contributed by atoms with Crippen molar-refractivity contribution >= 4 is 22.5 Å². The number of hydrogen-bond acceptors (Lipinski definition) is 5. The van der Waals surface area contributed by atoms with Crippen LogP contribution in [0.5, 0.6) is 5.75 Å². The lowest BCUT2D eigenvalue weighted by molar-refractivity contribution is 0.0948. The van der Waals surface area contributed by atoms with Crippen LogP contribution >= 0.6 is 0 Å². The molecular formula is C23H25N3O5S. The summed E-state index contributed by atoms with van der Waals surface area (Å²) < 4.78 is 32.3. The molecule has 0 aliphatic heterocycles. The van der Waals surface area contributed by atoms with Gasteiger partial charge in [0.2, 0.25) is 16.3 Å². The summed E-state index contributed by atoms with van der Waals surface area (Å²) in [5.41, 5.74) is 2.17. The van der Waals surface area contributed by atoms with E-state index in [9.17, 15) is 18.0 Å². The van der Waals surface area contributed by atoms with E-state index in [1.165, 1.54) is 17.7 Å². The number of hydrogen-bond donors (Lipinski definition) is 2. The van der Waals surface area contributed by atoms with Gasteiger partial charge in [0.1, 0.15) is 6.61 Å². The van der Waals surface area contributed by atoms with Gasteiger partial charge in [-0.25, -0.2) is 8.42 Å². The van der Waals surface area contributed by atoms with Gasteiger partial charge in [0, 0.05) is 25.9 Å². The Labute approximate surface area is 188 Å². The van der Waals surface area contributed by atoms with Gasteiger partial charge >= 0.3 is 0 Å². The number of nitrogens with zero attached hydrogens (tertiary/aromatic N) is 2. The van der Waals surface area contributed by atoms with Crippen molar-refractivity contribution in [1.82, 2.24) is 9.88 Å². The summed E-state index contributed by atoms with van der Waals surface area (Å²) in [7, 11) is 0.0665. The molecule has 168 valence electrons. The Morgan fingerprint density at radius 2 is 1.75 bits per heavy atom. The minimum Gasteiger partial charge on any atom is -0.483 e. The third kappa shape index (κ3) is 5.17. The van der Waals surface area contributed by atoms with E-state index in [4.69, 9.17) is 4.74 Å². The van der Waals surface area contributed by atoms with Crippen molar-refractivity contribution in [2.45, 2.75) is 20.1 Å². The zero-order valence-electron chi connectivity index (χ0n) is 18.1. The fourth-order valence-corrected chi connectivity index (χ4v) is 3.82. The Morgan fingerprint density at radius 1 is 1.09 bits per heavy atom. The van der Waals surface area contributed by atoms with E-state index < -0.39 is 22.2 Å². The summed E-state index contributed by atoms with van der Waals surface area (Å²) in [6.07, 6.45) is 0. The molecule has 1 heterocycles. The summed E-state index contributed by atoms with van der Waals surface area (Å²) in [5.74, 6) is -0.601. The second-order valence-corrected chi connectivity index (χ2v) is 8.18. The van der Waals surface area contributed by atoms with Crippen LogP contribution in [-0.2, 0) is 31.1 Å². The lowest BCUT2D eigenvalue weighted by Gasteiger charge is -2.22. The molecule has 0 unspecified atom stereocenters. The number of amides is 1. The lowest BCUT2D eigenvalue weighted by Crippen LogP contribution is -2.31. The predicted molar refractivity (Wildman–Crippen MR) is 124 cm³/mol. The van der Waals surface area contributed by atoms with Gasteiger partial charge in [0.25, 0.3) is 5.91 Å². The first kappa shape index (κ1) is 23.1. The van der Waals surface area contributed by atoms with Crippen LogP contribution in [0, 0.1) is 6.92 Å². The Bertz CT molecular complexity index is 1230. The van der Waals surface area contributed by atoms with Crippen molar-refractivity contribution in [3.63, 3.8) is 0 Å². The van der Waals surface area contributed by atoms with Crippen molar-refractivity contribution in [3.05, 3.63) is 93.4 Å². The van der Waals surface area contributed by atoms with Gasteiger partial charge in [0.15, 0.2) is 11.4 Å². The van der Waals surface area contributed by atoms with Crippen molar-refractivity contribution in [2.75, 3.05) is 11.4 Å². The maximum atomic E-state index is 12.9. The zero-order valence-corrected chi connectivity index (χ0v) is 19.0. The number of pyridine rings is 1. The quantitative estimate of drug-likeness (QED) is 0.508. The molecule has 1 N–H and O–H groups in total. The Balaban J connectivity index is 2.01. The minimum atomic E-state index is -2.98. The summed E-state index contributed by atoms with van der Waals surface area (Å²) in [6.45, 7) is 1.90. The van der Waals surface area contributed by atoms with Crippen LogP contribution in [0.25, 0.3) is 0 Å². The van der Waals surface area contributed by atoms with Crippen LogP contribution in [0.3, 0.4) is 0 Å². The van der Waals surface area contributed by atoms with Crippen molar-refractivity contribution < 1.29 is 17.9 Å². The highest BCUT2D eigenvalue weighted by Gasteiger charge is 2.22. The van der Waals surface area contributed by atoms with Crippen LogP contribution in [0.15, 0.2) is 65.5 Å². The van der Waals surface area contributed by atoms with Crippen LogP contribution in [0.4, 0.5) is 5.69 Å². The molecule has 0 spiro atoms. The maximum absolute atomic E-state index is 12.9. The van der Waals surface area contributed by atoms with Gasteiger partial charge in [-0.2, -0.15) is 0 Å². The van der Waals surface area contributed by atoms with Crippen LogP contribution in [-0.4, -0.2) is 25.9 Å². The first-order valence-corrected chi connectivity index (χ1v) is 11.0. The molecule has 0 saturated carbocycles. The number of aryl methyl sites for hydroxylation is 1. The average Bonchev–Trinajstić information content (AvgIpc) is 2.79. The fourth-order valence-electron chi connectivity index (χ4n) is 3.23. The highest BCUT2D eigenvalue weighted by Crippen LogP contribution is 2.21. The van der Waals surface area contributed by atoms with Crippen molar-refractivity contribution in [2.24, 2.45) is 7.05 Å². The molecular weight excluding hydrogens is 430 g/mol. The van der Waals surface area contributed by atoms with E-state index in [0.717, 1.165) is 15.4 Å². The van der Waals surface area contributed by atoms with E-state index >= 15 is 0 Å². The topological polar surface area (TPSA) is 97.7 Å². The van der Waals surface area contributed by atoms with Gasteiger partial charge in [-0.3, -0.25) is 13.9 Å². The zero-order chi connectivity index (χ0) is 23.3. The highest BCUT2D eigenvalue weighted by atomic mass is 32.2. The Kier molecular flexibility index (Phi) is 7.32. The molecule has 8 nitrogen and oxygen atoms in total. The minimum absolute atomic E-state index is 0.0240. The third-order valence-corrected chi connectivity index (χ3v) is 5.78. The van der Waals surface area contributed by atoms with E-state index in [1.807, 2.05) is 37.3 Å². The Morgan fingerprint density at radius 3 is 2.34 bits per heavy atom. The average molecular weight is 456 g/mol. The van der Waals surface area contributed by atoms with E-state index in [0.29, 0.717) is 11.4 Å². The molecule has 3 rings (SSSR count). The Hall–Kier alpha value is -3.59. The molecule has 2 aromatic carbocycles. The largest absolute Gasteiger partial charge is 0.483 e. The van der Waals surface area contributed by atoms with Gasteiger partial charge in [0.05, 0.1) is 12.2 Å². The van der Waals surface area contributed by atoms with Crippen LogP contribution in [0.2, 0.25) is 0 Å². The first-order valence-electron chi connectivity index (χ1n) is 9.92. The molecule has 9 heteroatoms. The molecule has 0 atom stereocenters. The summed E-state index contributed by atoms with van der Waals surface area (Å²) in [6, 6.07) is 17.6. The third-order valence-electron chi connectivity index (χ3n) is 5.01. The molecule has 0 bridgehead atoms. The first-order chi connectivity index (χ1) is 15.3. The van der Waals surface area contributed by atoms with Gasteiger partial charge in [-0.05, 0) is 24.6 Å². The van der Waals surface area contributed by atoms with Gasteiger partial charge < -0.3 is 14.6 Å². The normalized spacial score (nSPS) is 10.8. The molecule has 0 aliphatic carbocycles. The lowest BCUT2D eigenvalue weighted by atomic mass is 10.2. The smallest absolute Gasteiger partial charge is 0.271 e. The molecule has 32 heavy (non-hydrogen) atoms. The summed E-state index contributed by atoms with van der Waals surface area (Å²) >= 11 is 0. The summed E-state index contributed by atoms with van der Waals surface area (Å²) in [4.78, 5) is 25.5. The second kappa shape index (κ2) is 10.1. The SMILES string of the molecule is CNC(=O)c1c(OCc2ccccc2)c(=O)cc(CN(c2ccc(C)cc2)[SH](=O)=O)n1C. The number of carbonyl (C=O) groups excluding carboxylic acids is 1. The number of nitrogens with one attached hydrogen (secondary N) is 1. The molecule has 0 aliphatic rings. The van der Waals surface area contributed by atoms with E-state index in [-0.39, 0.29) is 24.6 Å². The highest BCUT2D eigenvalue weighted by molar-refractivity contribution is 7.74. The van der Waals surface area contributed by atoms with E-state index in [1.54, 1.807) is 31.3 Å². The van der Waals surface area contributed by atoms with Crippen molar-refractivity contribution in [1.29, 1.82) is 0 Å². The molecule has 0 fully saturated rings. The monoisotopic (exact) mass is 455 g/mol. The molecule has 0 saturated heterocycles. The number of ether oxygens (including phenoxy) is 1. The van der Waals surface area contributed by atoms with E-state index in [2.05, 4.69) is 5.32 Å². The number of rotatable bonds is 8. The van der Waals surface area contributed by atoms with Crippen LogP contribution < -0.4 is 19.8 Å². The second-order valence-electron chi connectivity index (χ2n) is 7.22. The number of benzene rings is 2. The van der Waals surface area contributed by atoms with Gasteiger partial charge in [-0.15, -0.1) is 0 Å². The number of carbonyl (C=O) groups is 1. The summed E-state index contributed by atoms with van der Waals surface area (Å²) in [5, 5.41) is 2.52. The molecule has 3 aromatic rings. The number of thiol groups is 1. The number of aromatic nitrogens is 1.